The van der Waals surface area contributed by atoms with Crippen molar-refractivity contribution in [1.82, 2.24) is 20.5 Å². The molecule has 1 aromatic heterocycles. The molecule has 1 aliphatic rings. The number of nitrogens with two attached hydrogens (primary N) is 1. The van der Waals surface area contributed by atoms with Crippen LogP contribution in [0.5, 0.6) is 5.75 Å². The second-order valence-corrected chi connectivity index (χ2v) is 9.11. The number of methoxy groups -OCH3 is 2. The highest BCUT2D eigenvalue weighted by molar-refractivity contribution is 5.96. The first kappa shape index (κ1) is 24.4. The lowest BCUT2D eigenvalue weighted by Gasteiger charge is -2.34. The minimum atomic E-state index is -0.740. The fraction of sp³-hybridized carbons (Fsp3) is 0.360. The minimum Gasteiger partial charge on any atom is -0.495 e. The molecule has 0 spiro atoms. The number of hydrogen-bond acceptors (Lipinski definition) is 9. The summed E-state index contributed by atoms with van der Waals surface area (Å²) in [5, 5.41) is 17.9. The van der Waals surface area contributed by atoms with E-state index in [0.29, 0.717) is 11.4 Å². The van der Waals surface area contributed by atoms with Gasteiger partial charge in [-0.1, -0.05) is 32.0 Å². The number of benzene rings is 2. The molecule has 0 bridgehead atoms. The van der Waals surface area contributed by atoms with Gasteiger partial charge in [-0.3, -0.25) is 4.79 Å². The van der Waals surface area contributed by atoms with Gasteiger partial charge in [0.05, 0.1) is 18.9 Å². The Morgan fingerprint density at radius 2 is 1.91 bits per heavy atom. The quantitative estimate of drug-likeness (QED) is 0.384. The van der Waals surface area contributed by atoms with E-state index < -0.39 is 5.91 Å². The Morgan fingerprint density at radius 1 is 1.14 bits per heavy atom. The Kier molecular flexibility index (Phi) is 6.86. The van der Waals surface area contributed by atoms with E-state index in [2.05, 4.69) is 45.0 Å². The number of rotatable bonds is 8. The summed E-state index contributed by atoms with van der Waals surface area (Å²) < 4.78 is 11.1. The number of fused-ring (bicyclic) bond motifs is 1. The summed E-state index contributed by atoms with van der Waals surface area (Å²) in [5.41, 5.74) is 10.1. The Morgan fingerprint density at radius 3 is 2.63 bits per heavy atom. The molecule has 10 nitrogen and oxygen atoms in total. The van der Waals surface area contributed by atoms with Crippen molar-refractivity contribution in [3.8, 4) is 5.75 Å². The molecular weight excluding hydrogens is 446 g/mol. The number of carbonyl (C=O) groups is 1. The maximum atomic E-state index is 12.0. The summed E-state index contributed by atoms with van der Waals surface area (Å²) in [6, 6.07) is 11.7. The Balaban J connectivity index is 1.71. The third-order valence-corrected chi connectivity index (χ3v) is 6.21. The van der Waals surface area contributed by atoms with Crippen LogP contribution < -0.4 is 26.4 Å². The van der Waals surface area contributed by atoms with E-state index in [-0.39, 0.29) is 29.0 Å². The van der Waals surface area contributed by atoms with Crippen molar-refractivity contribution in [1.29, 1.82) is 0 Å². The zero-order valence-corrected chi connectivity index (χ0v) is 20.6. The average molecular weight is 478 g/mol. The fourth-order valence-electron chi connectivity index (χ4n) is 4.24. The van der Waals surface area contributed by atoms with Crippen LogP contribution in [0.2, 0.25) is 0 Å². The third kappa shape index (κ3) is 5.03. The van der Waals surface area contributed by atoms with Crippen LogP contribution in [0.4, 0.5) is 23.1 Å². The number of ether oxygens (including phenoxy) is 2. The molecule has 0 saturated carbocycles. The van der Waals surface area contributed by atoms with Crippen molar-refractivity contribution in [3.05, 3.63) is 58.8 Å². The van der Waals surface area contributed by atoms with Crippen LogP contribution in [-0.2, 0) is 16.7 Å². The lowest BCUT2D eigenvalue weighted by Crippen LogP contribution is -2.38. The van der Waals surface area contributed by atoms with E-state index in [1.54, 1.807) is 14.2 Å². The van der Waals surface area contributed by atoms with Gasteiger partial charge in [-0.05, 0) is 36.2 Å². The molecular formula is C25H31N7O3. The predicted molar refractivity (Wildman–Crippen MR) is 135 cm³/mol. The molecule has 3 aromatic rings. The third-order valence-electron chi connectivity index (χ3n) is 6.21. The zero-order valence-electron chi connectivity index (χ0n) is 20.6. The molecule has 1 amide bonds. The Bertz CT molecular complexity index is 1250. The first-order chi connectivity index (χ1) is 16.7. The maximum Gasteiger partial charge on any atom is 0.273 e. The monoisotopic (exact) mass is 477 g/mol. The lowest BCUT2D eigenvalue weighted by molar-refractivity contribution is 0.0995. The number of amides is 1. The molecule has 0 aliphatic carbocycles. The molecule has 10 heteroatoms. The molecule has 0 radical (unpaired) electrons. The predicted octanol–water partition coefficient (Wildman–Crippen LogP) is 3.55. The van der Waals surface area contributed by atoms with Crippen LogP contribution in [0.25, 0.3) is 0 Å². The van der Waals surface area contributed by atoms with Gasteiger partial charge >= 0.3 is 0 Å². The van der Waals surface area contributed by atoms with Crippen LogP contribution in [0.15, 0.2) is 36.4 Å². The summed E-state index contributed by atoms with van der Waals surface area (Å²) in [6.45, 7) is 7.95. The van der Waals surface area contributed by atoms with Crippen molar-refractivity contribution in [3.63, 3.8) is 0 Å². The first-order valence-corrected chi connectivity index (χ1v) is 11.4. The van der Waals surface area contributed by atoms with Gasteiger partial charge in [0.1, 0.15) is 5.75 Å². The van der Waals surface area contributed by atoms with E-state index >= 15 is 0 Å². The molecule has 4 rings (SSSR count). The number of para-hydroxylation sites is 1. The van der Waals surface area contributed by atoms with Crippen molar-refractivity contribution in [2.45, 2.75) is 38.8 Å². The first-order valence-electron chi connectivity index (χ1n) is 11.4. The van der Waals surface area contributed by atoms with Gasteiger partial charge in [-0.15, -0.1) is 10.2 Å². The summed E-state index contributed by atoms with van der Waals surface area (Å²) in [5.74, 6) is 0.299. The molecule has 1 atom stereocenters. The standard InChI is InChI=1S/C25H31N7O3/c1-14(34-4)16-8-6-7-9-18(16)28-23-21(22(26)33)31-32-24(30-23)29-19-10-15-12-27-13-25(2,3)17(15)11-20(19)35-5/h6-11,14,27H,12-13H2,1-5H3,(H2,26,33)(H2,28,29,30,32). The second kappa shape index (κ2) is 9.85. The average Bonchev–Trinajstić information content (AvgIpc) is 2.83. The van der Waals surface area contributed by atoms with Crippen molar-refractivity contribution in [2.75, 3.05) is 31.4 Å². The molecule has 2 heterocycles. The summed E-state index contributed by atoms with van der Waals surface area (Å²) in [7, 11) is 3.25. The van der Waals surface area contributed by atoms with Gasteiger partial charge in [0.15, 0.2) is 11.5 Å². The number of aromatic nitrogens is 3. The number of anilines is 4. The summed E-state index contributed by atoms with van der Waals surface area (Å²) >= 11 is 0. The molecule has 184 valence electrons. The Labute approximate surface area is 204 Å². The summed E-state index contributed by atoms with van der Waals surface area (Å²) in [4.78, 5) is 16.6. The van der Waals surface area contributed by atoms with Crippen LogP contribution in [-0.4, -0.2) is 41.9 Å². The highest BCUT2D eigenvalue weighted by Crippen LogP contribution is 2.38. The molecule has 5 N–H and O–H groups in total. The smallest absolute Gasteiger partial charge is 0.273 e. The number of hydrogen-bond donors (Lipinski definition) is 4. The molecule has 0 saturated heterocycles. The second-order valence-electron chi connectivity index (χ2n) is 9.11. The Hall–Kier alpha value is -3.76. The molecule has 0 fully saturated rings. The highest BCUT2D eigenvalue weighted by Gasteiger charge is 2.29. The van der Waals surface area contributed by atoms with E-state index in [9.17, 15) is 4.79 Å². The SMILES string of the molecule is COc1cc2c(cc1Nc1nnc(C(N)=O)c(Nc3ccccc3C(C)OC)n1)CNCC2(C)C. The molecule has 1 unspecified atom stereocenters. The van der Waals surface area contributed by atoms with Crippen LogP contribution in [0.1, 0.15) is 54.1 Å². The number of nitrogens with zero attached hydrogens (tertiary/aromatic N) is 3. The van der Waals surface area contributed by atoms with Gasteiger partial charge in [0, 0.05) is 36.9 Å². The van der Waals surface area contributed by atoms with Gasteiger partial charge in [-0.25, -0.2) is 0 Å². The van der Waals surface area contributed by atoms with Crippen LogP contribution >= 0.6 is 0 Å². The van der Waals surface area contributed by atoms with Crippen molar-refractivity contribution in [2.24, 2.45) is 5.73 Å². The number of primary amides is 1. The summed E-state index contributed by atoms with van der Waals surface area (Å²) in [6.07, 6.45) is -0.180. The van der Waals surface area contributed by atoms with E-state index in [1.807, 2.05) is 43.3 Å². The number of carbonyl (C=O) groups excluding carboxylic acids is 1. The van der Waals surface area contributed by atoms with Crippen LogP contribution in [0.3, 0.4) is 0 Å². The van der Waals surface area contributed by atoms with Crippen molar-refractivity contribution >= 4 is 29.0 Å². The normalized spacial score (nSPS) is 15.1. The van der Waals surface area contributed by atoms with Crippen molar-refractivity contribution < 1.29 is 14.3 Å². The number of nitrogens with one attached hydrogen (secondary N) is 3. The molecule has 1 aliphatic heterocycles. The largest absolute Gasteiger partial charge is 0.495 e. The van der Waals surface area contributed by atoms with E-state index in [4.69, 9.17) is 15.2 Å². The van der Waals surface area contributed by atoms with E-state index in [0.717, 1.165) is 29.9 Å². The highest BCUT2D eigenvalue weighted by atomic mass is 16.5. The van der Waals surface area contributed by atoms with Gasteiger partial charge in [0.2, 0.25) is 5.95 Å². The molecule has 2 aromatic carbocycles. The van der Waals surface area contributed by atoms with Gasteiger partial charge in [0.25, 0.3) is 5.91 Å². The zero-order chi connectivity index (χ0) is 25.2. The maximum absolute atomic E-state index is 12.0. The topological polar surface area (TPSA) is 136 Å². The van der Waals surface area contributed by atoms with Crippen LogP contribution in [0, 0.1) is 0 Å². The minimum absolute atomic E-state index is 0.0234. The lowest BCUT2D eigenvalue weighted by atomic mass is 9.79. The van der Waals surface area contributed by atoms with Gasteiger partial charge in [-0.2, -0.15) is 4.98 Å². The van der Waals surface area contributed by atoms with Gasteiger partial charge < -0.3 is 31.2 Å². The molecule has 35 heavy (non-hydrogen) atoms. The van der Waals surface area contributed by atoms with E-state index in [1.165, 1.54) is 5.56 Å². The fourth-order valence-corrected chi connectivity index (χ4v) is 4.24.